The maximum absolute atomic E-state index is 12.3. The number of esters is 1. The Hall–Kier alpha value is -2.37. The third-order valence-corrected chi connectivity index (χ3v) is 4.61. The summed E-state index contributed by atoms with van der Waals surface area (Å²) in [4.78, 5) is 37.8. The van der Waals surface area contributed by atoms with E-state index >= 15 is 0 Å². The molecule has 1 fully saturated rings. The lowest BCUT2D eigenvalue weighted by Crippen LogP contribution is -2.41. The molecule has 1 aliphatic carbocycles. The summed E-state index contributed by atoms with van der Waals surface area (Å²) in [6.07, 6.45) is 5.69. The molecule has 6 nitrogen and oxygen atoms in total. The number of anilines is 1. The van der Waals surface area contributed by atoms with Gasteiger partial charge < -0.3 is 15.0 Å². The topological polar surface area (TPSA) is 75.7 Å². The number of hydrogen-bond acceptors (Lipinski definition) is 4. The summed E-state index contributed by atoms with van der Waals surface area (Å²) in [6, 6.07) is 6.95. The number of benzene rings is 1. The average molecular weight is 346 g/mol. The number of nitrogens with zero attached hydrogens (tertiary/aromatic N) is 1. The molecule has 1 saturated carbocycles. The second kappa shape index (κ2) is 9.20. The van der Waals surface area contributed by atoms with E-state index in [-0.39, 0.29) is 24.3 Å². The molecular formula is C19H26N2O4. The van der Waals surface area contributed by atoms with Crippen LogP contribution in [0, 0.1) is 0 Å². The van der Waals surface area contributed by atoms with Gasteiger partial charge in [0.2, 0.25) is 11.8 Å². The minimum absolute atomic E-state index is 0.00895. The first kappa shape index (κ1) is 19.0. The largest absolute Gasteiger partial charge is 0.465 e. The molecule has 0 aromatic heterocycles. The number of ether oxygens (including phenoxy) is 1. The van der Waals surface area contributed by atoms with Crippen molar-refractivity contribution in [2.45, 2.75) is 51.5 Å². The lowest BCUT2D eigenvalue weighted by molar-refractivity contribution is -0.132. The second-order valence-corrected chi connectivity index (χ2v) is 6.34. The molecule has 0 unspecified atom stereocenters. The highest BCUT2D eigenvalue weighted by Crippen LogP contribution is 2.23. The minimum Gasteiger partial charge on any atom is -0.465 e. The number of carbonyl (C=O) groups is 3. The zero-order chi connectivity index (χ0) is 18.2. The van der Waals surface area contributed by atoms with E-state index in [1.54, 1.807) is 31.2 Å². The highest BCUT2D eigenvalue weighted by Gasteiger charge is 2.23. The van der Waals surface area contributed by atoms with Gasteiger partial charge in [-0.2, -0.15) is 0 Å². The highest BCUT2D eigenvalue weighted by atomic mass is 16.5. The van der Waals surface area contributed by atoms with Crippen molar-refractivity contribution in [2.24, 2.45) is 0 Å². The van der Waals surface area contributed by atoms with Crippen LogP contribution in [-0.4, -0.2) is 42.4 Å². The van der Waals surface area contributed by atoms with Crippen molar-refractivity contribution < 1.29 is 19.1 Å². The fourth-order valence-corrected chi connectivity index (χ4v) is 3.30. The van der Waals surface area contributed by atoms with Gasteiger partial charge in [0.15, 0.2) is 0 Å². The first-order valence-electron chi connectivity index (χ1n) is 8.77. The maximum atomic E-state index is 12.3. The van der Waals surface area contributed by atoms with Crippen LogP contribution in [0.5, 0.6) is 0 Å². The Bertz CT molecular complexity index is 624. The van der Waals surface area contributed by atoms with Crippen molar-refractivity contribution >= 4 is 23.5 Å². The smallest absolute Gasteiger partial charge is 0.339 e. The number of hydrogen-bond donors (Lipinski definition) is 1. The van der Waals surface area contributed by atoms with E-state index in [2.05, 4.69) is 5.32 Å². The Balaban J connectivity index is 1.95. The van der Waals surface area contributed by atoms with E-state index in [9.17, 15) is 14.4 Å². The van der Waals surface area contributed by atoms with Crippen molar-refractivity contribution in [3.8, 4) is 0 Å². The zero-order valence-electron chi connectivity index (χ0n) is 14.9. The molecular weight excluding hydrogens is 320 g/mol. The van der Waals surface area contributed by atoms with Crippen molar-refractivity contribution in [1.82, 2.24) is 4.90 Å². The number of carbonyl (C=O) groups excluding carboxylic acids is 3. The van der Waals surface area contributed by atoms with E-state index in [1.807, 2.05) is 4.90 Å². The van der Waals surface area contributed by atoms with E-state index in [0.717, 1.165) is 25.7 Å². The molecule has 136 valence electrons. The fourth-order valence-electron chi connectivity index (χ4n) is 3.30. The van der Waals surface area contributed by atoms with Gasteiger partial charge in [0.25, 0.3) is 0 Å². The summed E-state index contributed by atoms with van der Waals surface area (Å²) < 4.78 is 4.72. The van der Waals surface area contributed by atoms with Crippen LogP contribution >= 0.6 is 0 Å². The summed E-state index contributed by atoms with van der Waals surface area (Å²) in [6.45, 7) is 1.95. The standard InChI is InChI=1S/C19H26N2O4/c1-14(22)21(15-8-4-3-5-9-15)13-12-18(23)20-17-11-7-6-10-16(17)19(24)25-2/h6-7,10-11,15H,3-5,8-9,12-13H2,1-2H3,(H,20,23). The monoisotopic (exact) mass is 346 g/mol. The molecule has 6 heteroatoms. The van der Waals surface area contributed by atoms with E-state index in [4.69, 9.17) is 4.74 Å². The van der Waals surface area contributed by atoms with E-state index < -0.39 is 5.97 Å². The lowest BCUT2D eigenvalue weighted by Gasteiger charge is -2.33. The Morgan fingerprint density at radius 3 is 2.48 bits per heavy atom. The van der Waals surface area contributed by atoms with Gasteiger partial charge >= 0.3 is 5.97 Å². The summed E-state index contributed by atoms with van der Waals surface area (Å²) in [5.74, 6) is -0.712. The normalized spacial score (nSPS) is 14.6. The second-order valence-electron chi connectivity index (χ2n) is 6.34. The quantitative estimate of drug-likeness (QED) is 0.804. The Labute approximate surface area is 148 Å². The van der Waals surface area contributed by atoms with Gasteiger partial charge in [0, 0.05) is 25.9 Å². The van der Waals surface area contributed by atoms with Gasteiger partial charge in [-0.05, 0) is 25.0 Å². The zero-order valence-corrected chi connectivity index (χ0v) is 14.9. The molecule has 2 amide bonds. The van der Waals surface area contributed by atoms with Gasteiger partial charge in [-0.1, -0.05) is 31.4 Å². The molecule has 1 N–H and O–H groups in total. The molecule has 0 spiro atoms. The Morgan fingerprint density at radius 2 is 1.84 bits per heavy atom. The third kappa shape index (κ3) is 5.31. The summed E-state index contributed by atoms with van der Waals surface area (Å²) >= 11 is 0. The molecule has 0 radical (unpaired) electrons. The molecule has 25 heavy (non-hydrogen) atoms. The average Bonchev–Trinajstić information content (AvgIpc) is 2.62. The van der Waals surface area contributed by atoms with Crippen LogP contribution in [0.4, 0.5) is 5.69 Å². The number of amides is 2. The maximum Gasteiger partial charge on any atom is 0.339 e. The van der Waals surface area contributed by atoms with Gasteiger partial charge in [0.05, 0.1) is 18.4 Å². The predicted octanol–water partition coefficient (Wildman–Crippen LogP) is 2.98. The van der Waals surface area contributed by atoms with Gasteiger partial charge in [0.1, 0.15) is 0 Å². The van der Waals surface area contributed by atoms with Crippen LogP contribution in [0.15, 0.2) is 24.3 Å². The first-order valence-corrected chi connectivity index (χ1v) is 8.77. The van der Waals surface area contributed by atoms with Crippen molar-refractivity contribution in [1.29, 1.82) is 0 Å². The fraction of sp³-hybridized carbons (Fsp3) is 0.526. The molecule has 1 aliphatic rings. The van der Waals surface area contributed by atoms with Crippen LogP contribution in [-0.2, 0) is 14.3 Å². The van der Waals surface area contributed by atoms with Crippen LogP contribution in [0.1, 0.15) is 55.8 Å². The van der Waals surface area contributed by atoms with Gasteiger partial charge in [-0.15, -0.1) is 0 Å². The molecule has 2 rings (SSSR count). The van der Waals surface area contributed by atoms with Crippen molar-refractivity contribution in [2.75, 3.05) is 19.0 Å². The number of methoxy groups -OCH3 is 1. The van der Waals surface area contributed by atoms with Crippen LogP contribution < -0.4 is 5.32 Å². The van der Waals surface area contributed by atoms with Gasteiger partial charge in [-0.25, -0.2) is 4.79 Å². The summed E-state index contributed by atoms with van der Waals surface area (Å²) in [5.41, 5.74) is 0.737. The first-order chi connectivity index (χ1) is 12.0. The number of rotatable bonds is 6. The molecule has 1 aromatic carbocycles. The van der Waals surface area contributed by atoms with Gasteiger partial charge in [-0.3, -0.25) is 9.59 Å². The third-order valence-electron chi connectivity index (χ3n) is 4.61. The highest BCUT2D eigenvalue weighted by molar-refractivity contribution is 6.01. The molecule has 0 bridgehead atoms. The number of nitrogens with one attached hydrogen (secondary N) is 1. The van der Waals surface area contributed by atoms with Crippen LogP contribution in [0.25, 0.3) is 0 Å². The molecule has 0 atom stereocenters. The molecule has 0 saturated heterocycles. The molecule has 0 aliphatic heterocycles. The molecule has 1 aromatic rings. The van der Waals surface area contributed by atoms with Crippen molar-refractivity contribution in [3.63, 3.8) is 0 Å². The predicted molar refractivity (Wildman–Crippen MR) is 95.3 cm³/mol. The van der Waals surface area contributed by atoms with E-state index in [1.165, 1.54) is 13.5 Å². The van der Waals surface area contributed by atoms with Crippen LogP contribution in [0.3, 0.4) is 0 Å². The Morgan fingerprint density at radius 1 is 1.16 bits per heavy atom. The summed E-state index contributed by atoms with van der Waals surface area (Å²) in [7, 11) is 1.30. The summed E-state index contributed by atoms with van der Waals surface area (Å²) in [5, 5.41) is 2.75. The number of para-hydroxylation sites is 1. The molecule has 0 heterocycles. The van der Waals surface area contributed by atoms with Crippen molar-refractivity contribution in [3.05, 3.63) is 29.8 Å². The SMILES string of the molecule is COC(=O)c1ccccc1NC(=O)CCN(C(C)=O)C1CCCCC1. The van der Waals surface area contributed by atoms with E-state index in [0.29, 0.717) is 17.8 Å². The van der Waals surface area contributed by atoms with Crippen LogP contribution in [0.2, 0.25) is 0 Å². The Kier molecular flexibility index (Phi) is 6.98. The minimum atomic E-state index is -0.497. The lowest BCUT2D eigenvalue weighted by atomic mass is 9.94.